The van der Waals surface area contributed by atoms with Crippen LogP contribution in [-0.4, -0.2) is 41.7 Å². The van der Waals surface area contributed by atoms with Crippen molar-refractivity contribution in [3.8, 4) is 11.1 Å². The molecule has 0 unspecified atom stereocenters. The minimum Gasteiger partial charge on any atom is -0.464 e. The highest BCUT2D eigenvalue weighted by Gasteiger charge is 2.22. The summed E-state index contributed by atoms with van der Waals surface area (Å²) in [5.41, 5.74) is 1.68. The Morgan fingerprint density at radius 3 is 2.52 bits per heavy atom. The molecule has 1 heterocycles. The molecule has 1 aromatic heterocycles. The molecule has 0 atom stereocenters. The Morgan fingerprint density at radius 1 is 1.19 bits per heavy atom. The average molecular weight is 391 g/mol. The van der Waals surface area contributed by atoms with Gasteiger partial charge >= 0.3 is 12.1 Å². The first kappa shape index (κ1) is 20.7. The van der Waals surface area contributed by atoms with E-state index in [0.29, 0.717) is 16.1 Å². The molecule has 27 heavy (non-hydrogen) atoms. The topological polar surface area (TPSA) is 68.7 Å². The number of nitrogens with zero attached hydrogens (tertiary/aromatic N) is 2. The SMILES string of the molecule is COC(=O)c1ncccc1-c1cc(Cl)ccc1CN(C)C(=O)OC(C)(C)C. The fourth-order valence-electron chi connectivity index (χ4n) is 2.48. The maximum Gasteiger partial charge on any atom is 0.410 e. The Balaban J connectivity index is 2.42. The van der Waals surface area contributed by atoms with Crippen LogP contribution in [0.2, 0.25) is 5.02 Å². The predicted octanol–water partition coefficient (Wildman–Crippen LogP) is 4.56. The van der Waals surface area contributed by atoms with Gasteiger partial charge in [-0.15, -0.1) is 0 Å². The zero-order valence-electron chi connectivity index (χ0n) is 16.1. The lowest BCUT2D eigenvalue weighted by atomic mass is 9.98. The van der Waals surface area contributed by atoms with Crippen LogP contribution in [0.25, 0.3) is 11.1 Å². The van der Waals surface area contributed by atoms with Crippen LogP contribution >= 0.6 is 11.6 Å². The highest BCUT2D eigenvalue weighted by molar-refractivity contribution is 6.31. The van der Waals surface area contributed by atoms with Gasteiger partial charge in [0.15, 0.2) is 5.69 Å². The molecule has 0 fully saturated rings. The van der Waals surface area contributed by atoms with E-state index in [-0.39, 0.29) is 12.2 Å². The van der Waals surface area contributed by atoms with Crippen LogP contribution in [-0.2, 0) is 16.0 Å². The predicted molar refractivity (Wildman–Crippen MR) is 104 cm³/mol. The minimum atomic E-state index is -0.588. The number of pyridine rings is 1. The van der Waals surface area contributed by atoms with Crippen LogP contribution < -0.4 is 0 Å². The number of halogens is 1. The highest BCUT2D eigenvalue weighted by atomic mass is 35.5. The lowest BCUT2D eigenvalue weighted by Gasteiger charge is -2.25. The lowest BCUT2D eigenvalue weighted by Crippen LogP contribution is -2.33. The molecule has 6 nitrogen and oxygen atoms in total. The molecular weight excluding hydrogens is 368 g/mol. The van der Waals surface area contributed by atoms with Crippen LogP contribution in [0.1, 0.15) is 36.8 Å². The Bertz CT molecular complexity index is 846. The molecule has 0 spiro atoms. The summed E-state index contributed by atoms with van der Waals surface area (Å²) in [5, 5.41) is 0.508. The van der Waals surface area contributed by atoms with Gasteiger partial charge in [0.1, 0.15) is 5.60 Å². The molecule has 0 bridgehead atoms. The molecule has 1 aromatic carbocycles. The van der Waals surface area contributed by atoms with E-state index in [9.17, 15) is 9.59 Å². The lowest BCUT2D eigenvalue weighted by molar-refractivity contribution is 0.0285. The second kappa shape index (κ2) is 8.39. The normalized spacial score (nSPS) is 11.0. The number of hydrogen-bond donors (Lipinski definition) is 0. The van der Waals surface area contributed by atoms with Gasteiger partial charge in [-0.25, -0.2) is 14.6 Å². The molecule has 0 aliphatic rings. The summed E-state index contributed by atoms with van der Waals surface area (Å²) in [7, 11) is 2.95. The first-order valence-electron chi connectivity index (χ1n) is 8.38. The van der Waals surface area contributed by atoms with E-state index in [2.05, 4.69) is 4.98 Å². The Hall–Kier alpha value is -2.60. The van der Waals surface area contributed by atoms with Crippen LogP contribution in [0.3, 0.4) is 0 Å². The van der Waals surface area contributed by atoms with Gasteiger partial charge in [-0.1, -0.05) is 23.7 Å². The van der Waals surface area contributed by atoms with Gasteiger partial charge in [0, 0.05) is 30.4 Å². The Morgan fingerprint density at radius 2 is 1.89 bits per heavy atom. The van der Waals surface area contributed by atoms with Gasteiger partial charge < -0.3 is 14.4 Å². The largest absolute Gasteiger partial charge is 0.464 e. The number of hydrogen-bond acceptors (Lipinski definition) is 5. The van der Waals surface area contributed by atoms with Crippen molar-refractivity contribution in [2.24, 2.45) is 0 Å². The zero-order valence-corrected chi connectivity index (χ0v) is 16.8. The van der Waals surface area contributed by atoms with E-state index in [4.69, 9.17) is 21.1 Å². The van der Waals surface area contributed by atoms with E-state index in [1.165, 1.54) is 18.2 Å². The number of ether oxygens (including phenoxy) is 2. The fraction of sp³-hybridized carbons (Fsp3) is 0.350. The molecule has 0 aliphatic carbocycles. The minimum absolute atomic E-state index is 0.184. The van der Waals surface area contributed by atoms with Crippen molar-refractivity contribution in [2.45, 2.75) is 32.9 Å². The van der Waals surface area contributed by atoms with Gasteiger partial charge in [-0.3, -0.25) is 0 Å². The van der Waals surface area contributed by atoms with E-state index in [1.807, 2.05) is 26.8 Å². The third-order valence-electron chi connectivity index (χ3n) is 3.66. The third-order valence-corrected chi connectivity index (χ3v) is 3.90. The molecule has 2 rings (SSSR count). The molecule has 1 amide bonds. The van der Waals surface area contributed by atoms with E-state index < -0.39 is 17.7 Å². The van der Waals surface area contributed by atoms with Gasteiger partial charge in [-0.05, 0) is 50.1 Å². The average Bonchev–Trinajstić information content (AvgIpc) is 2.61. The number of esters is 1. The maximum atomic E-state index is 12.3. The molecule has 144 valence electrons. The van der Waals surface area contributed by atoms with Crippen LogP contribution in [0, 0.1) is 0 Å². The van der Waals surface area contributed by atoms with Crippen molar-refractivity contribution in [2.75, 3.05) is 14.2 Å². The Labute approximate surface area is 164 Å². The third kappa shape index (κ3) is 5.44. The quantitative estimate of drug-likeness (QED) is 0.716. The monoisotopic (exact) mass is 390 g/mol. The molecule has 0 radical (unpaired) electrons. The molecule has 0 N–H and O–H groups in total. The molecular formula is C20H23ClN2O4. The number of carbonyl (C=O) groups is 2. The molecule has 7 heteroatoms. The number of amides is 1. The second-order valence-electron chi connectivity index (χ2n) is 7.03. The molecule has 0 saturated carbocycles. The number of carbonyl (C=O) groups excluding carboxylic acids is 2. The number of aromatic nitrogens is 1. The summed E-state index contributed by atoms with van der Waals surface area (Å²) in [6.07, 6.45) is 1.08. The van der Waals surface area contributed by atoms with Crippen LogP contribution in [0.15, 0.2) is 36.5 Å². The Kier molecular flexibility index (Phi) is 6.44. The summed E-state index contributed by atoms with van der Waals surface area (Å²) in [6, 6.07) is 8.78. The van der Waals surface area contributed by atoms with Gasteiger partial charge in [0.05, 0.1) is 7.11 Å². The van der Waals surface area contributed by atoms with Crippen molar-refractivity contribution >= 4 is 23.7 Å². The van der Waals surface area contributed by atoms with Gasteiger partial charge in [-0.2, -0.15) is 0 Å². The molecule has 0 saturated heterocycles. The van der Waals surface area contributed by atoms with E-state index in [0.717, 1.165) is 5.56 Å². The van der Waals surface area contributed by atoms with Gasteiger partial charge in [0.2, 0.25) is 0 Å². The number of rotatable bonds is 4. The highest BCUT2D eigenvalue weighted by Crippen LogP contribution is 2.30. The maximum absolute atomic E-state index is 12.3. The fourth-order valence-corrected chi connectivity index (χ4v) is 2.65. The van der Waals surface area contributed by atoms with Gasteiger partial charge in [0.25, 0.3) is 0 Å². The standard InChI is InChI=1S/C20H23ClN2O4/c1-20(2,3)27-19(25)23(4)12-13-8-9-14(21)11-16(13)15-7-6-10-22-17(15)18(24)26-5/h6-11H,12H2,1-5H3. The summed E-state index contributed by atoms with van der Waals surface area (Å²) >= 11 is 6.18. The molecule has 2 aromatic rings. The van der Waals surface area contributed by atoms with Crippen molar-refractivity contribution < 1.29 is 19.1 Å². The van der Waals surface area contributed by atoms with E-state index in [1.54, 1.807) is 31.3 Å². The van der Waals surface area contributed by atoms with E-state index >= 15 is 0 Å². The van der Waals surface area contributed by atoms with Crippen LogP contribution in [0.5, 0.6) is 0 Å². The van der Waals surface area contributed by atoms with Crippen molar-refractivity contribution in [3.05, 3.63) is 52.8 Å². The summed E-state index contributed by atoms with van der Waals surface area (Å²) < 4.78 is 10.2. The summed E-state index contributed by atoms with van der Waals surface area (Å²) in [4.78, 5) is 30.0. The van der Waals surface area contributed by atoms with Crippen molar-refractivity contribution in [1.29, 1.82) is 0 Å². The van der Waals surface area contributed by atoms with Crippen molar-refractivity contribution in [1.82, 2.24) is 9.88 Å². The first-order valence-corrected chi connectivity index (χ1v) is 8.76. The van der Waals surface area contributed by atoms with Crippen molar-refractivity contribution in [3.63, 3.8) is 0 Å². The number of benzene rings is 1. The number of methoxy groups -OCH3 is 1. The zero-order chi connectivity index (χ0) is 20.2. The smallest absolute Gasteiger partial charge is 0.410 e. The second-order valence-corrected chi connectivity index (χ2v) is 7.47. The summed E-state index contributed by atoms with van der Waals surface area (Å²) in [5.74, 6) is -0.544. The summed E-state index contributed by atoms with van der Waals surface area (Å²) in [6.45, 7) is 5.71. The van der Waals surface area contributed by atoms with Crippen LogP contribution in [0.4, 0.5) is 4.79 Å². The first-order chi connectivity index (χ1) is 12.6. The molecule has 0 aliphatic heterocycles.